The van der Waals surface area contributed by atoms with Crippen LogP contribution in [0.15, 0.2) is 12.3 Å². The van der Waals surface area contributed by atoms with Crippen LogP contribution in [0.3, 0.4) is 0 Å². The monoisotopic (exact) mass is 259 g/mol. The van der Waals surface area contributed by atoms with E-state index in [1.807, 2.05) is 6.20 Å². The van der Waals surface area contributed by atoms with E-state index in [2.05, 4.69) is 38.7 Å². The molecule has 0 N–H and O–H groups in total. The number of aromatic nitrogens is 1. The molecule has 3 rings (SSSR count). The first-order chi connectivity index (χ1) is 8.91. The molecule has 1 fully saturated rings. The number of rotatable bonds is 1. The summed E-state index contributed by atoms with van der Waals surface area (Å²) in [5.41, 5.74) is 3.22. The summed E-state index contributed by atoms with van der Waals surface area (Å²) in [6.07, 6.45) is 6.56. The van der Waals surface area contributed by atoms with Gasteiger partial charge in [0.05, 0.1) is 11.2 Å². The van der Waals surface area contributed by atoms with Crippen LogP contribution in [0.1, 0.15) is 51.8 Å². The highest BCUT2D eigenvalue weighted by atomic mass is 16.7. The lowest BCUT2D eigenvalue weighted by atomic mass is 9.73. The molecule has 0 aromatic carbocycles. The van der Waals surface area contributed by atoms with Gasteiger partial charge in [0.15, 0.2) is 0 Å². The van der Waals surface area contributed by atoms with E-state index in [0.717, 1.165) is 12.8 Å². The van der Waals surface area contributed by atoms with Crippen molar-refractivity contribution in [2.45, 2.75) is 64.6 Å². The average molecular weight is 259 g/mol. The minimum atomic E-state index is -0.275. The van der Waals surface area contributed by atoms with Crippen molar-refractivity contribution in [1.29, 1.82) is 0 Å². The first-order valence-corrected chi connectivity index (χ1v) is 7.23. The lowest BCUT2D eigenvalue weighted by Gasteiger charge is -2.32. The number of hydrogen-bond acceptors (Lipinski definition) is 3. The second-order valence-corrected chi connectivity index (χ2v) is 6.62. The highest BCUT2D eigenvalue weighted by Crippen LogP contribution is 2.37. The lowest BCUT2D eigenvalue weighted by molar-refractivity contribution is 0.00578. The number of pyridine rings is 1. The van der Waals surface area contributed by atoms with Crippen molar-refractivity contribution in [1.82, 2.24) is 4.98 Å². The molecule has 0 atom stereocenters. The van der Waals surface area contributed by atoms with Gasteiger partial charge in [-0.15, -0.1) is 0 Å². The summed E-state index contributed by atoms with van der Waals surface area (Å²) in [5, 5.41) is 0. The van der Waals surface area contributed by atoms with E-state index in [4.69, 9.17) is 9.31 Å². The van der Waals surface area contributed by atoms with E-state index in [1.165, 1.54) is 29.6 Å². The Kier molecular flexibility index (Phi) is 2.99. The molecule has 0 saturated carbocycles. The van der Waals surface area contributed by atoms with Gasteiger partial charge in [-0.25, -0.2) is 0 Å². The number of fused-ring (bicyclic) bond motifs is 1. The zero-order valence-corrected chi connectivity index (χ0v) is 12.3. The zero-order valence-electron chi connectivity index (χ0n) is 12.3. The molecule has 1 saturated heterocycles. The van der Waals surface area contributed by atoms with Crippen LogP contribution in [0, 0.1) is 0 Å². The fourth-order valence-corrected chi connectivity index (χ4v) is 2.84. The minimum Gasteiger partial charge on any atom is -0.399 e. The largest absolute Gasteiger partial charge is 0.495 e. The van der Waals surface area contributed by atoms with Gasteiger partial charge in [-0.05, 0) is 70.5 Å². The normalized spacial score (nSPS) is 24.3. The summed E-state index contributed by atoms with van der Waals surface area (Å²) in [7, 11) is -0.250. The van der Waals surface area contributed by atoms with Gasteiger partial charge in [-0.1, -0.05) is 0 Å². The summed E-state index contributed by atoms with van der Waals surface area (Å²) in [4.78, 5) is 4.51. The van der Waals surface area contributed by atoms with Crippen LogP contribution in [0.4, 0.5) is 0 Å². The lowest BCUT2D eigenvalue weighted by Crippen LogP contribution is -2.41. The Balaban J connectivity index is 1.96. The van der Waals surface area contributed by atoms with Gasteiger partial charge in [0.1, 0.15) is 0 Å². The SMILES string of the molecule is CC1(C)OB(c2ccnc3c2CCCC3)OC1(C)C. The second-order valence-electron chi connectivity index (χ2n) is 6.62. The maximum absolute atomic E-state index is 6.17. The van der Waals surface area contributed by atoms with E-state index < -0.39 is 0 Å². The van der Waals surface area contributed by atoms with E-state index >= 15 is 0 Å². The molecule has 2 heterocycles. The Morgan fingerprint density at radius 1 is 1.05 bits per heavy atom. The maximum atomic E-state index is 6.17. The minimum absolute atomic E-state index is 0.250. The molecule has 102 valence electrons. The highest BCUT2D eigenvalue weighted by molar-refractivity contribution is 6.62. The Hall–Kier alpha value is -0.865. The average Bonchev–Trinajstić information content (AvgIpc) is 2.58. The predicted octanol–water partition coefficient (Wildman–Crippen LogP) is 2.26. The van der Waals surface area contributed by atoms with Crippen LogP contribution in [0.25, 0.3) is 0 Å². The molecule has 1 aromatic rings. The Morgan fingerprint density at radius 2 is 1.68 bits per heavy atom. The van der Waals surface area contributed by atoms with Crippen molar-refractivity contribution in [2.24, 2.45) is 0 Å². The summed E-state index contributed by atoms with van der Waals surface area (Å²) >= 11 is 0. The first kappa shape index (κ1) is 13.1. The molecule has 1 aliphatic heterocycles. The van der Waals surface area contributed by atoms with Gasteiger partial charge in [-0.3, -0.25) is 4.98 Å². The van der Waals surface area contributed by atoms with Crippen LogP contribution < -0.4 is 5.46 Å². The number of aryl methyl sites for hydroxylation is 1. The quantitative estimate of drug-likeness (QED) is 0.725. The molecule has 0 unspecified atom stereocenters. The molecule has 3 nitrogen and oxygen atoms in total. The van der Waals surface area contributed by atoms with Crippen molar-refractivity contribution in [3.05, 3.63) is 23.5 Å². The molecule has 19 heavy (non-hydrogen) atoms. The Labute approximate surface area is 115 Å². The van der Waals surface area contributed by atoms with Crippen LogP contribution >= 0.6 is 0 Å². The second kappa shape index (κ2) is 4.32. The van der Waals surface area contributed by atoms with E-state index in [-0.39, 0.29) is 18.3 Å². The fraction of sp³-hybridized carbons (Fsp3) is 0.667. The molecule has 0 amide bonds. The molecular formula is C15H22BNO2. The third-order valence-corrected chi connectivity index (χ3v) is 4.78. The first-order valence-electron chi connectivity index (χ1n) is 7.23. The summed E-state index contributed by atoms with van der Waals surface area (Å²) in [6.45, 7) is 8.39. The molecular weight excluding hydrogens is 237 g/mol. The fourth-order valence-electron chi connectivity index (χ4n) is 2.84. The predicted molar refractivity (Wildman–Crippen MR) is 76.6 cm³/mol. The standard InChI is InChI=1S/C15H22BNO2/c1-14(2)15(3,4)19-16(18-14)12-9-10-17-13-8-6-5-7-11(12)13/h9-10H,5-8H2,1-4H3. The summed E-state index contributed by atoms with van der Waals surface area (Å²) < 4.78 is 12.3. The third kappa shape index (κ3) is 2.11. The summed E-state index contributed by atoms with van der Waals surface area (Å²) in [6, 6.07) is 2.06. The summed E-state index contributed by atoms with van der Waals surface area (Å²) in [5.74, 6) is 0. The van der Waals surface area contributed by atoms with Gasteiger partial charge in [0.25, 0.3) is 0 Å². The van der Waals surface area contributed by atoms with Gasteiger partial charge in [0, 0.05) is 11.9 Å². The van der Waals surface area contributed by atoms with Crippen LogP contribution in [-0.2, 0) is 22.2 Å². The molecule has 0 spiro atoms. The highest BCUT2D eigenvalue weighted by Gasteiger charge is 2.52. The molecule has 0 radical (unpaired) electrons. The Bertz CT molecular complexity index is 483. The van der Waals surface area contributed by atoms with Crippen LogP contribution in [0.2, 0.25) is 0 Å². The van der Waals surface area contributed by atoms with E-state index in [0.29, 0.717) is 0 Å². The maximum Gasteiger partial charge on any atom is 0.495 e. The molecule has 1 aromatic heterocycles. The van der Waals surface area contributed by atoms with Crippen molar-refractivity contribution < 1.29 is 9.31 Å². The van der Waals surface area contributed by atoms with E-state index in [1.54, 1.807) is 0 Å². The van der Waals surface area contributed by atoms with Gasteiger partial charge in [-0.2, -0.15) is 0 Å². The Morgan fingerprint density at radius 3 is 2.37 bits per heavy atom. The number of hydrogen-bond donors (Lipinski definition) is 0. The molecule has 4 heteroatoms. The topological polar surface area (TPSA) is 31.4 Å². The van der Waals surface area contributed by atoms with Gasteiger partial charge in [0.2, 0.25) is 0 Å². The molecule has 0 bridgehead atoms. The van der Waals surface area contributed by atoms with Crippen molar-refractivity contribution in [2.75, 3.05) is 0 Å². The van der Waals surface area contributed by atoms with E-state index in [9.17, 15) is 0 Å². The smallest absolute Gasteiger partial charge is 0.399 e. The van der Waals surface area contributed by atoms with Gasteiger partial charge >= 0.3 is 7.12 Å². The van der Waals surface area contributed by atoms with Gasteiger partial charge < -0.3 is 9.31 Å². The van der Waals surface area contributed by atoms with Crippen molar-refractivity contribution >= 4 is 12.6 Å². The van der Waals surface area contributed by atoms with Crippen molar-refractivity contribution in [3.63, 3.8) is 0 Å². The van der Waals surface area contributed by atoms with Crippen LogP contribution in [0.5, 0.6) is 0 Å². The van der Waals surface area contributed by atoms with Crippen LogP contribution in [-0.4, -0.2) is 23.3 Å². The molecule has 1 aliphatic carbocycles. The molecule has 2 aliphatic rings. The number of nitrogens with zero attached hydrogens (tertiary/aromatic N) is 1. The van der Waals surface area contributed by atoms with Crippen molar-refractivity contribution in [3.8, 4) is 0 Å². The third-order valence-electron chi connectivity index (χ3n) is 4.78. The zero-order chi connectivity index (χ0) is 13.7.